The van der Waals surface area contributed by atoms with Gasteiger partial charge in [-0.25, -0.2) is 12.0 Å². The summed E-state index contributed by atoms with van der Waals surface area (Å²) in [6.07, 6.45) is 1.70. The van der Waals surface area contributed by atoms with Gasteiger partial charge >= 0.3 is 29.6 Å². The summed E-state index contributed by atoms with van der Waals surface area (Å²) in [6.45, 7) is 3.60. The fourth-order valence-electron chi connectivity index (χ4n) is 0.901. The van der Waals surface area contributed by atoms with E-state index in [9.17, 15) is 13.0 Å². The van der Waals surface area contributed by atoms with E-state index in [0.717, 1.165) is 11.1 Å². The van der Waals surface area contributed by atoms with Crippen LogP contribution in [0.4, 0.5) is 0 Å². The maximum Gasteiger partial charge on any atom is 1.00 e. The smallest absolute Gasteiger partial charge is 0.725 e. The molecule has 0 atom stereocenters. The molecular weight excluding hydrogens is 259 g/mol. The topological polar surface area (TPSA) is 66.4 Å². The molecule has 1 aromatic carbocycles. The minimum absolute atomic E-state index is 0. The van der Waals surface area contributed by atoms with Crippen molar-refractivity contribution in [2.45, 2.75) is 5.75 Å². The summed E-state index contributed by atoms with van der Waals surface area (Å²) in [4.78, 5) is 0. The summed E-state index contributed by atoms with van der Waals surface area (Å²) < 4.78 is 34.3. The van der Waals surface area contributed by atoms with E-state index in [1.807, 2.05) is 24.3 Å². The van der Waals surface area contributed by atoms with E-state index < -0.39 is 10.4 Å². The van der Waals surface area contributed by atoms with E-state index >= 15 is 0 Å². The van der Waals surface area contributed by atoms with Crippen LogP contribution in [0.2, 0.25) is 0 Å². The van der Waals surface area contributed by atoms with Crippen LogP contribution in [-0.4, -0.2) is 13.0 Å². The molecule has 0 unspecified atom stereocenters. The van der Waals surface area contributed by atoms with E-state index in [1.54, 1.807) is 6.08 Å². The summed E-state index contributed by atoms with van der Waals surface area (Å²) in [6, 6.07) is 7.30. The Morgan fingerprint density at radius 3 is 2.38 bits per heavy atom. The molecule has 0 radical (unpaired) electrons. The third kappa shape index (κ3) is 6.70. The van der Waals surface area contributed by atoms with Gasteiger partial charge in [-0.15, -0.1) is 0 Å². The van der Waals surface area contributed by atoms with Gasteiger partial charge in [0.15, 0.2) is 0 Å². The van der Waals surface area contributed by atoms with Crippen molar-refractivity contribution in [1.29, 1.82) is 0 Å². The molecule has 0 aliphatic heterocycles. The second kappa shape index (κ2) is 7.50. The first kappa shape index (κ1) is 16.2. The van der Waals surface area contributed by atoms with Gasteiger partial charge in [0.25, 0.3) is 0 Å². The molecule has 1 aromatic rings. The predicted octanol–water partition coefficient (Wildman–Crippen LogP) is -1.04. The zero-order valence-corrected chi connectivity index (χ0v) is 12.4. The molecule has 1 rings (SSSR count). The van der Waals surface area contributed by atoms with Crippen LogP contribution < -0.4 is 29.6 Å². The monoisotopic (exact) mass is 268 g/mol. The van der Waals surface area contributed by atoms with Crippen LogP contribution in [0, 0.1) is 0 Å². The fourth-order valence-corrected chi connectivity index (χ4v) is 1.89. The van der Waals surface area contributed by atoms with E-state index in [-0.39, 0.29) is 29.6 Å². The molecule has 0 amide bonds. The molecule has 7 heteroatoms. The molecule has 0 bridgehead atoms. The van der Waals surface area contributed by atoms with Crippen molar-refractivity contribution in [2.24, 2.45) is 0 Å². The van der Waals surface area contributed by atoms with Crippen LogP contribution in [-0.2, 0) is 19.8 Å². The van der Waals surface area contributed by atoms with Crippen molar-refractivity contribution in [2.75, 3.05) is 0 Å². The minimum Gasteiger partial charge on any atom is -0.725 e. The van der Waals surface area contributed by atoms with Gasteiger partial charge in [-0.3, -0.25) is 0 Å². The van der Waals surface area contributed by atoms with Gasteiger partial charge in [-0.1, -0.05) is 36.9 Å². The molecule has 82 valence electrons. The van der Waals surface area contributed by atoms with Gasteiger partial charge in [-0.2, -0.15) is 0 Å². The van der Waals surface area contributed by atoms with Gasteiger partial charge in [-0.05, 0) is 11.1 Å². The summed E-state index contributed by atoms with van der Waals surface area (Å²) in [7, 11) is -4.61. The second-order valence-corrected chi connectivity index (χ2v) is 4.57. The Bertz CT molecular complexity index is 427. The number of hydrogen-bond donors (Lipinski definition) is 0. The molecule has 0 aliphatic rings. The molecule has 0 spiro atoms. The van der Waals surface area contributed by atoms with Crippen molar-refractivity contribution in [3.8, 4) is 0 Å². The standard InChI is InChI=1S/C9H10O4S2.Na/c1-2-8-3-5-9(6-4-8)7-14-13-15(10,11)12;/h2-6H,1,7H2,(H,10,11,12);/q;+1/p-1. The van der Waals surface area contributed by atoms with Crippen molar-refractivity contribution < 1.29 is 46.2 Å². The molecule has 4 nitrogen and oxygen atoms in total. The molecule has 0 N–H and O–H groups in total. The van der Waals surface area contributed by atoms with Crippen LogP contribution >= 0.6 is 12.0 Å². The average Bonchev–Trinajstić information content (AvgIpc) is 2.17. The zero-order valence-electron chi connectivity index (χ0n) is 8.75. The first-order chi connectivity index (χ1) is 7.01. The van der Waals surface area contributed by atoms with E-state index in [1.165, 1.54) is 0 Å². The molecule has 0 fully saturated rings. The van der Waals surface area contributed by atoms with E-state index in [2.05, 4.69) is 10.2 Å². The van der Waals surface area contributed by atoms with Gasteiger partial charge < -0.3 is 4.55 Å². The number of hydrogen-bond acceptors (Lipinski definition) is 5. The number of rotatable bonds is 5. The van der Waals surface area contributed by atoms with Gasteiger partial charge in [0.05, 0.1) is 0 Å². The Balaban J connectivity index is 0.00000225. The SMILES string of the molecule is C=Cc1ccc(CSOS(=O)(=O)[O-])cc1.[Na+]. The van der Waals surface area contributed by atoms with Gasteiger partial charge in [0.1, 0.15) is 0 Å². The largest absolute Gasteiger partial charge is 1.00 e. The summed E-state index contributed by atoms with van der Waals surface area (Å²) >= 11 is 0.600. The molecule has 0 heterocycles. The second-order valence-electron chi connectivity index (χ2n) is 2.68. The van der Waals surface area contributed by atoms with Gasteiger partial charge in [0, 0.05) is 17.8 Å². The summed E-state index contributed by atoms with van der Waals surface area (Å²) in [5, 5.41) is 0. The molecule has 0 aliphatic carbocycles. The molecule has 0 saturated carbocycles. The summed E-state index contributed by atoms with van der Waals surface area (Å²) in [5.41, 5.74) is 1.84. The fraction of sp³-hybridized carbons (Fsp3) is 0.111. The molecule has 16 heavy (non-hydrogen) atoms. The van der Waals surface area contributed by atoms with Crippen molar-refractivity contribution in [1.82, 2.24) is 0 Å². The van der Waals surface area contributed by atoms with E-state index in [0.29, 0.717) is 17.8 Å². The van der Waals surface area contributed by atoms with Crippen molar-refractivity contribution in [3.63, 3.8) is 0 Å². The normalized spacial score (nSPS) is 10.6. The third-order valence-corrected chi connectivity index (χ3v) is 3.08. The first-order valence-electron chi connectivity index (χ1n) is 3.99. The quantitative estimate of drug-likeness (QED) is 0.295. The zero-order chi connectivity index (χ0) is 11.3. The Hall–Kier alpha value is 0.180. The third-order valence-electron chi connectivity index (χ3n) is 1.57. The van der Waals surface area contributed by atoms with E-state index in [4.69, 9.17) is 0 Å². The predicted molar refractivity (Wildman–Crippen MR) is 58.6 cm³/mol. The van der Waals surface area contributed by atoms with Crippen LogP contribution in [0.1, 0.15) is 11.1 Å². The Kier molecular flexibility index (Phi) is 7.58. The maximum atomic E-state index is 10.1. The molecule has 0 aromatic heterocycles. The van der Waals surface area contributed by atoms with Crippen molar-refractivity contribution in [3.05, 3.63) is 42.0 Å². The van der Waals surface area contributed by atoms with Crippen LogP contribution in [0.3, 0.4) is 0 Å². The first-order valence-corrected chi connectivity index (χ1v) is 6.24. The Labute approximate surface area is 122 Å². The Morgan fingerprint density at radius 1 is 1.38 bits per heavy atom. The average molecular weight is 268 g/mol. The molecular formula is C9H9NaO4S2. The minimum atomic E-state index is -4.61. The maximum absolute atomic E-state index is 10.1. The van der Waals surface area contributed by atoms with Crippen LogP contribution in [0.5, 0.6) is 0 Å². The van der Waals surface area contributed by atoms with Crippen molar-refractivity contribution >= 4 is 28.5 Å². The van der Waals surface area contributed by atoms with Crippen LogP contribution in [0.25, 0.3) is 6.08 Å². The van der Waals surface area contributed by atoms with Gasteiger partial charge in [0.2, 0.25) is 10.4 Å². The number of benzene rings is 1. The Morgan fingerprint density at radius 2 is 1.94 bits per heavy atom. The molecule has 0 saturated heterocycles. The summed E-state index contributed by atoms with van der Waals surface area (Å²) in [5.74, 6) is 0.304. The van der Waals surface area contributed by atoms with Crippen LogP contribution in [0.15, 0.2) is 30.8 Å².